The molecule has 1 aromatic rings. The monoisotopic (exact) mass is 468 g/mol. The molecule has 0 saturated carbocycles. The Hall–Kier alpha value is -1.59. The Bertz CT molecular complexity index is 542. The van der Waals surface area contributed by atoms with Crippen molar-refractivity contribution in [1.29, 1.82) is 0 Å². The smallest absolute Gasteiger partial charge is 0.407 e. The van der Waals surface area contributed by atoms with E-state index in [0.717, 1.165) is 13.0 Å². The van der Waals surface area contributed by atoms with Gasteiger partial charge in [0.2, 0.25) is 5.89 Å². The van der Waals surface area contributed by atoms with Crippen LogP contribution in [-0.2, 0) is 11.3 Å². The number of guanidine groups is 1. The topological polar surface area (TPSA) is 114 Å². The summed E-state index contributed by atoms with van der Waals surface area (Å²) in [5, 5.41) is 12.7. The lowest BCUT2D eigenvalue weighted by molar-refractivity contribution is 0.0527. The Kier molecular flexibility index (Phi) is 11.1. The summed E-state index contributed by atoms with van der Waals surface area (Å²) in [5.41, 5.74) is -0.486. The van der Waals surface area contributed by atoms with Crippen LogP contribution in [0.5, 0.6) is 0 Å². The van der Waals surface area contributed by atoms with E-state index < -0.39 is 11.7 Å². The van der Waals surface area contributed by atoms with Gasteiger partial charge < -0.3 is 25.2 Å². The Labute approximate surface area is 165 Å². The van der Waals surface area contributed by atoms with E-state index >= 15 is 0 Å². The quantitative estimate of drug-likeness (QED) is 0.243. The molecule has 1 heterocycles. The molecule has 1 aromatic heterocycles. The van der Waals surface area contributed by atoms with Crippen LogP contribution >= 0.6 is 24.0 Å². The van der Waals surface area contributed by atoms with Crippen LogP contribution in [0.1, 0.15) is 45.8 Å². The summed E-state index contributed by atoms with van der Waals surface area (Å²) in [5.74, 6) is 1.72. The number of amides is 1. The minimum absolute atomic E-state index is 0. The van der Waals surface area contributed by atoms with Crippen molar-refractivity contribution < 1.29 is 14.1 Å². The highest BCUT2D eigenvalue weighted by atomic mass is 127. The maximum atomic E-state index is 11.5. The van der Waals surface area contributed by atoms with Crippen molar-refractivity contribution >= 4 is 36.0 Å². The first-order valence-corrected chi connectivity index (χ1v) is 8.08. The number of halogens is 1. The van der Waals surface area contributed by atoms with Gasteiger partial charge in [0, 0.05) is 19.6 Å². The maximum Gasteiger partial charge on any atom is 0.407 e. The molecule has 0 bridgehead atoms. The summed E-state index contributed by atoms with van der Waals surface area (Å²) < 4.78 is 10.2. The van der Waals surface area contributed by atoms with Gasteiger partial charge in [0.15, 0.2) is 11.8 Å². The molecular formula is C15H29IN6O3. The Morgan fingerprint density at radius 1 is 1.24 bits per heavy atom. The van der Waals surface area contributed by atoms with E-state index in [4.69, 9.17) is 9.26 Å². The van der Waals surface area contributed by atoms with Crippen LogP contribution in [-0.4, -0.2) is 47.4 Å². The lowest BCUT2D eigenvalue weighted by Crippen LogP contribution is -2.39. The Morgan fingerprint density at radius 3 is 2.48 bits per heavy atom. The predicted octanol–water partition coefficient (Wildman–Crippen LogP) is 1.97. The molecule has 1 amide bonds. The minimum Gasteiger partial charge on any atom is -0.444 e. The lowest BCUT2D eigenvalue weighted by atomic mass is 10.2. The molecule has 0 atom stereocenters. The zero-order valence-electron chi connectivity index (χ0n) is 15.5. The van der Waals surface area contributed by atoms with Crippen LogP contribution in [0.3, 0.4) is 0 Å². The van der Waals surface area contributed by atoms with Crippen molar-refractivity contribution in [2.75, 3.05) is 19.6 Å². The second kappa shape index (κ2) is 11.9. The lowest BCUT2D eigenvalue weighted by Gasteiger charge is -2.19. The van der Waals surface area contributed by atoms with Gasteiger partial charge in [-0.2, -0.15) is 4.98 Å². The van der Waals surface area contributed by atoms with Crippen LogP contribution in [0, 0.1) is 6.92 Å². The number of ether oxygens (including phenoxy) is 1. The van der Waals surface area contributed by atoms with E-state index in [2.05, 4.69) is 31.1 Å². The zero-order valence-corrected chi connectivity index (χ0v) is 17.8. The van der Waals surface area contributed by atoms with Gasteiger partial charge in [-0.25, -0.2) is 9.79 Å². The van der Waals surface area contributed by atoms with E-state index in [1.54, 1.807) is 6.92 Å². The number of aliphatic imine (C=N–C) groups is 1. The third kappa shape index (κ3) is 11.6. The second-order valence-corrected chi connectivity index (χ2v) is 6.14. The van der Waals surface area contributed by atoms with Crippen molar-refractivity contribution in [2.45, 2.75) is 53.2 Å². The summed E-state index contributed by atoms with van der Waals surface area (Å²) in [6, 6.07) is 0. The van der Waals surface area contributed by atoms with Crippen LogP contribution in [0.15, 0.2) is 9.52 Å². The number of hydrogen-bond acceptors (Lipinski definition) is 6. The van der Waals surface area contributed by atoms with E-state index in [-0.39, 0.29) is 24.0 Å². The first kappa shape index (κ1) is 23.4. The van der Waals surface area contributed by atoms with Gasteiger partial charge in [0.1, 0.15) is 12.1 Å². The van der Waals surface area contributed by atoms with Gasteiger partial charge in [-0.3, -0.25) is 0 Å². The maximum absolute atomic E-state index is 11.5. The van der Waals surface area contributed by atoms with Gasteiger partial charge in [-0.15, -0.1) is 24.0 Å². The third-order valence-electron chi connectivity index (χ3n) is 2.60. The molecule has 144 valence electrons. The molecule has 0 unspecified atom stereocenters. The van der Waals surface area contributed by atoms with Gasteiger partial charge in [0.05, 0.1) is 0 Å². The fourth-order valence-electron chi connectivity index (χ4n) is 1.69. The van der Waals surface area contributed by atoms with E-state index in [9.17, 15) is 4.79 Å². The molecule has 9 nitrogen and oxygen atoms in total. The third-order valence-corrected chi connectivity index (χ3v) is 2.60. The number of carbonyl (C=O) groups excluding carboxylic acids is 1. The molecule has 0 aromatic carbocycles. The van der Waals surface area contributed by atoms with Crippen molar-refractivity contribution in [3.8, 4) is 0 Å². The highest BCUT2D eigenvalue weighted by molar-refractivity contribution is 14.0. The summed E-state index contributed by atoms with van der Waals surface area (Å²) >= 11 is 0. The molecule has 10 heteroatoms. The molecule has 0 spiro atoms. The largest absolute Gasteiger partial charge is 0.444 e. The SMILES string of the molecule is CCNC(=NCc1nc(C)no1)NCCCNC(=O)OC(C)(C)C.I. The molecule has 25 heavy (non-hydrogen) atoms. The number of aryl methyl sites for hydroxylation is 1. The van der Waals surface area contributed by atoms with Crippen LogP contribution in [0.4, 0.5) is 4.79 Å². The standard InChI is InChI=1S/C15H28N6O3.HI/c1-6-16-13(19-10-12-20-11(2)21-24-12)17-8-7-9-18-14(22)23-15(3,4)5;/h6-10H2,1-5H3,(H,18,22)(H2,16,17,19);1H. The van der Waals surface area contributed by atoms with Gasteiger partial charge in [-0.05, 0) is 41.0 Å². The molecule has 0 radical (unpaired) electrons. The highest BCUT2D eigenvalue weighted by Gasteiger charge is 2.15. The number of nitrogens with one attached hydrogen (secondary N) is 3. The number of alkyl carbamates (subject to hydrolysis) is 1. The fraction of sp³-hybridized carbons (Fsp3) is 0.733. The molecule has 0 aliphatic rings. The molecular weight excluding hydrogens is 439 g/mol. The van der Waals surface area contributed by atoms with E-state index in [1.807, 2.05) is 27.7 Å². The van der Waals surface area contributed by atoms with Crippen LogP contribution < -0.4 is 16.0 Å². The average Bonchev–Trinajstić information content (AvgIpc) is 2.88. The minimum atomic E-state index is -0.486. The Morgan fingerprint density at radius 2 is 1.92 bits per heavy atom. The molecule has 1 rings (SSSR count). The van der Waals surface area contributed by atoms with Crippen molar-refractivity contribution in [3.05, 3.63) is 11.7 Å². The molecule has 3 N–H and O–H groups in total. The normalized spacial score (nSPS) is 11.5. The van der Waals surface area contributed by atoms with E-state index in [1.165, 1.54) is 0 Å². The fourth-order valence-corrected chi connectivity index (χ4v) is 1.69. The number of aromatic nitrogens is 2. The van der Waals surface area contributed by atoms with Gasteiger partial charge in [-0.1, -0.05) is 5.16 Å². The average molecular weight is 468 g/mol. The van der Waals surface area contributed by atoms with E-state index in [0.29, 0.717) is 37.3 Å². The molecule has 0 aliphatic heterocycles. The van der Waals surface area contributed by atoms with Crippen molar-refractivity contribution in [1.82, 2.24) is 26.1 Å². The van der Waals surface area contributed by atoms with Crippen molar-refractivity contribution in [2.24, 2.45) is 4.99 Å². The summed E-state index contributed by atoms with van der Waals surface area (Å²) in [6.07, 6.45) is 0.332. The summed E-state index contributed by atoms with van der Waals surface area (Å²) in [4.78, 5) is 20.0. The highest BCUT2D eigenvalue weighted by Crippen LogP contribution is 2.06. The molecule has 0 aliphatic carbocycles. The van der Waals surface area contributed by atoms with Gasteiger partial charge in [0.25, 0.3) is 0 Å². The van der Waals surface area contributed by atoms with Crippen LogP contribution in [0.2, 0.25) is 0 Å². The first-order valence-electron chi connectivity index (χ1n) is 8.08. The van der Waals surface area contributed by atoms with Gasteiger partial charge >= 0.3 is 6.09 Å². The second-order valence-electron chi connectivity index (χ2n) is 6.14. The number of nitrogens with zero attached hydrogens (tertiary/aromatic N) is 3. The number of rotatable bonds is 7. The van der Waals surface area contributed by atoms with Crippen molar-refractivity contribution in [3.63, 3.8) is 0 Å². The Balaban J connectivity index is 0.00000576. The molecule has 0 saturated heterocycles. The summed E-state index contributed by atoms with van der Waals surface area (Å²) in [7, 11) is 0. The van der Waals surface area contributed by atoms with Crippen LogP contribution in [0.25, 0.3) is 0 Å². The zero-order chi connectivity index (χ0) is 18.0. The summed E-state index contributed by atoms with van der Waals surface area (Å²) in [6.45, 7) is 11.5. The first-order chi connectivity index (χ1) is 11.3. The predicted molar refractivity (Wildman–Crippen MR) is 106 cm³/mol. The molecule has 0 fully saturated rings. The number of hydrogen-bond donors (Lipinski definition) is 3. The number of carbonyl (C=O) groups is 1.